The first-order valence-electron chi connectivity index (χ1n) is 1.13. The second kappa shape index (κ2) is 19.7. The molecule has 6 radical (unpaired) electrons. The maximum absolute atomic E-state index is 7.62. The van der Waals surface area contributed by atoms with Gasteiger partial charge in [-0.2, -0.15) is 0 Å². The van der Waals surface area contributed by atoms with Crippen LogP contribution in [0.15, 0.2) is 0 Å². The number of hydrogen-bond acceptors (Lipinski definition) is 2. The van der Waals surface area contributed by atoms with Crippen LogP contribution in [0.5, 0.6) is 0 Å². The quantitative estimate of drug-likeness (QED) is 0.368. The summed E-state index contributed by atoms with van der Waals surface area (Å²) < 4.78 is 0. The van der Waals surface area contributed by atoms with E-state index in [-0.39, 0.29) is 30.0 Å². The van der Waals surface area contributed by atoms with Crippen molar-refractivity contribution in [1.82, 2.24) is 0 Å². The van der Waals surface area contributed by atoms with Gasteiger partial charge in [0.2, 0.25) is 0 Å². The zero-order chi connectivity index (χ0) is 3.41. The molecular weight excluding hydrogens is 77.6 g/mol. The Bertz CT molecular complexity index is 11.5. The SMILES string of the molecule is OCCO.[B].[B]. The van der Waals surface area contributed by atoms with E-state index >= 15 is 0 Å². The molecule has 0 aromatic carbocycles. The lowest BCUT2D eigenvalue weighted by Crippen LogP contribution is -1.85. The highest BCUT2D eigenvalue weighted by Crippen LogP contribution is 1.39. The summed E-state index contributed by atoms with van der Waals surface area (Å²) in [5.41, 5.74) is 0. The van der Waals surface area contributed by atoms with Crippen LogP contribution in [0.25, 0.3) is 0 Å². The van der Waals surface area contributed by atoms with Gasteiger partial charge >= 0.3 is 0 Å². The van der Waals surface area contributed by atoms with E-state index in [1.165, 1.54) is 0 Å². The highest BCUT2D eigenvalue weighted by molar-refractivity contribution is 5.76. The third kappa shape index (κ3) is 34.2. The smallest absolute Gasteiger partial charge is 0.0662 e. The summed E-state index contributed by atoms with van der Waals surface area (Å²) >= 11 is 0. The summed E-state index contributed by atoms with van der Waals surface area (Å²) in [6.45, 7) is -0.250. The van der Waals surface area contributed by atoms with Crippen LogP contribution in [-0.4, -0.2) is 40.3 Å². The number of aliphatic hydroxyl groups is 2. The predicted molar refractivity (Wildman–Crippen MR) is 25.7 cm³/mol. The average molecular weight is 83.7 g/mol. The number of rotatable bonds is 1. The van der Waals surface area contributed by atoms with Gasteiger partial charge in [-0.15, -0.1) is 0 Å². The molecule has 0 fully saturated rings. The molecule has 0 aromatic rings. The fraction of sp³-hybridized carbons (Fsp3) is 1.00. The summed E-state index contributed by atoms with van der Waals surface area (Å²) in [4.78, 5) is 0. The van der Waals surface area contributed by atoms with Crippen molar-refractivity contribution in [2.24, 2.45) is 0 Å². The Labute approximate surface area is 41.3 Å². The Morgan fingerprint density at radius 1 is 0.833 bits per heavy atom. The van der Waals surface area contributed by atoms with Crippen LogP contribution in [-0.2, 0) is 0 Å². The van der Waals surface area contributed by atoms with Crippen molar-refractivity contribution in [3.05, 3.63) is 0 Å². The van der Waals surface area contributed by atoms with Crippen molar-refractivity contribution in [2.45, 2.75) is 0 Å². The molecule has 0 bridgehead atoms. The molecule has 0 aromatic heterocycles. The van der Waals surface area contributed by atoms with E-state index in [4.69, 9.17) is 10.2 Å². The zero-order valence-electron chi connectivity index (χ0n) is 3.46. The third-order valence-electron chi connectivity index (χ3n) is 0.1000. The lowest BCUT2D eigenvalue weighted by molar-refractivity contribution is 0.186. The van der Waals surface area contributed by atoms with Crippen molar-refractivity contribution < 1.29 is 10.2 Å². The second-order valence-corrected chi connectivity index (χ2v) is 0.447. The zero-order valence-corrected chi connectivity index (χ0v) is 3.46. The predicted octanol–water partition coefficient (Wildman–Crippen LogP) is -1.79. The minimum Gasteiger partial charge on any atom is -0.394 e. The van der Waals surface area contributed by atoms with Crippen LogP contribution in [0.4, 0.5) is 0 Å². The monoisotopic (exact) mass is 84.1 g/mol. The molecule has 0 aliphatic rings. The Hall–Kier alpha value is 0.0499. The van der Waals surface area contributed by atoms with E-state index in [0.29, 0.717) is 0 Å². The summed E-state index contributed by atoms with van der Waals surface area (Å²) in [5, 5.41) is 15.2. The summed E-state index contributed by atoms with van der Waals surface area (Å²) in [7, 11) is 0. The maximum Gasteiger partial charge on any atom is 0.0662 e. The molecule has 2 nitrogen and oxygen atoms in total. The van der Waals surface area contributed by atoms with E-state index in [9.17, 15) is 0 Å². The van der Waals surface area contributed by atoms with E-state index in [1.54, 1.807) is 0 Å². The minimum absolute atomic E-state index is 0. The van der Waals surface area contributed by atoms with Crippen LogP contribution in [0.3, 0.4) is 0 Å². The van der Waals surface area contributed by atoms with Gasteiger partial charge in [-0.3, -0.25) is 0 Å². The topological polar surface area (TPSA) is 40.5 Å². The molecule has 0 amide bonds. The van der Waals surface area contributed by atoms with Crippen molar-refractivity contribution in [3.63, 3.8) is 0 Å². The second-order valence-electron chi connectivity index (χ2n) is 0.447. The molecule has 0 atom stereocenters. The number of aliphatic hydroxyl groups excluding tert-OH is 2. The first-order valence-corrected chi connectivity index (χ1v) is 1.13. The largest absolute Gasteiger partial charge is 0.394 e. The molecule has 0 aliphatic heterocycles. The minimum atomic E-state index is -0.125. The van der Waals surface area contributed by atoms with Crippen molar-refractivity contribution in [3.8, 4) is 0 Å². The first-order chi connectivity index (χ1) is 1.91. The van der Waals surface area contributed by atoms with Crippen molar-refractivity contribution >= 4 is 16.8 Å². The molecule has 4 heteroatoms. The van der Waals surface area contributed by atoms with Gasteiger partial charge in [0.15, 0.2) is 0 Å². The number of hydrogen-bond donors (Lipinski definition) is 2. The molecule has 0 saturated heterocycles. The fourth-order valence-corrected chi connectivity index (χ4v) is 0. The van der Waals surface area contributed by atoms with Crippen LogP contribution < -0.4 is 0 Å². The van der Waals surface area contributed by atoms with Crippen LogP contribution in [0.1, 0.15) is 0 Å². The van der Waals surface area contributed by atoms with Crippen molar-refractivity contribution in [1.29, 1.82) is 0 Å². The normalized spacial score (nSPS) is 5.00. The van der Waals surface area contributed by atoms with Crippen LogP contribution in [0, 0.1) is 0 Å². The molecular formula is C2H6B2O2. The molecule has 6 heavy (non-hydrogen) atoms. The molecule has 0 aliphatic carbocycles. The standard InChI is InChI=1S/C2H6O2.2B/c3-1-2-4;;/h3-4H,1-2H2;;. The summed E-state index contributed by atoms with van der Waals surface area (Å²) in [6, 6.07) is 0. The fourth-order valence-electron chi connectivity index (χ4n) is 0. The van der Waals surface area contributed by atoms with Crippen molar-refractivity contribution in [2.75, 3.05) is 13.2 Å². The Morgan fingerprint density at radius 3 is 1.00 bits per heavy atom. The molecule has 32 valence electrons. The van der Waals surface area contributed by atoms with E-state index in [1.807, 2.05) is 0 Å². The molecule has 0 unspecified atom stereocenters. The van der Waals surface area contributed by atoms with Gasteiger partial charge in [0.1, 0.15) is 0 Å². The molecule has 2 N–H and O–H groups in total. The van der Waals surface area contributed by atoms with Gasteiger partial charge in [-0.1, -0.05) is 0 Å². The highest BCUT2D eigenvalue weighted by Gasteiger charge is 1.58. The van der Waals surface area contributed by atoms with Crippen LogP contribution >= 0.6 is 0 Å². The van der Waals surface area contributed by atoms with E-state index in [0.717, 1.165) is 0 Å². The lowest BCUT2D eigenvalue weighted by Gasteiger charge is -1.70. The summed E-state index contributed by atoms with van der Waals surface area (Å²) in [5.74, 6) is 0. The molecule has 0 spiro atoms. The van der Waals surface area contributed by atoms with Gasteiger partial charge in [0.25, 0.3) is 0 Å². The molecule has 0 heterocycles. The highest BCUT2D eigenvalue weighted by atomic mass is 16.3. The van der Waals surface area contributed by atoms with Crippen LogP contribution in [0.2, 0.25) is 0 Å². The Kier molecular flexibility index (Phi) is 54.5. The Balaban J connectivity index is -0.0000000450. The molecule has 0 saturated carbocycles. The first kappa shape index (κ1) is 16.6. The van der Waals surface area contributed by atoms with Gasteiger partial charge in [-0.05, 0) is 0 Å². The van der Waals surface area contributed by atoms with Gasteiger partial charge in [-0.25, -0.2) is 0 Å². The average Bonchev–Trinajstić information content (AvgIpc) is 1.37. The molecule has 0 rings (SSSR count). The van der Waals surface area contributed by atoms with E-state index in [2.05, 4.69) is 0 Å². The van der Waals surface area contributed by atoms with Gasteiger partial charge < -0.3 is 10.2 Å². The summed E-state index contributed by atoms with van der Waals surface area (Å²) in [6.07, 6.45) is 0. The van der Waals surface area contributed by atoms with E-state index < -0.39 is 0 Å². The Morgan fingerprint density at radius 2 is 1.00 bits per heavy atom. The lowest BCUT2D eigenvalue weighted by atomic mass is 10.8. The maximum atomic E-state index is 7.62. The third-order valence-corrected chi connectivity index (χ3v) is 0.1000. The van der Waals surface area contributed by atoms with Gasteiger partial charge in [0, 0.05) is 16.8 Å². The van der Waals surface area contributed by atoms with Gasteiger partial charge in [0.05, 0.1) is 13.2 Å².